The van der Waals surface area contributed by atoms with Crippen LogP contribution in [0.4, 0.5) is 4.79 Å². The molecule has 1 amide bonds. The number of benzene rings is 1. The van der Waals surface area contributed by atoms with E-state index in [1.165, 1.54) is 12.0 Å². The number of carbonyl (C=O) groups is 2. The van der Waals surface area contributed by atoms with Gasteiger partial charge in [0.1, 0.15) is 0 Å². The van der Waals surface area contributed by atoms with Crippen molar-refractivity contribution in [2.45, 2.75) is 32.4 Å². The zero-order valence-corrected chi connectivity index (χ0v) is 14.9. The zero-order valence-electron chi connectivity index (χ0n) is 13.3. The molecule has 126 valence electrons. The summed E-state index contributed by atoms with van der Waals surface area (Å²) in [5.74, 6) is -0.347. The Morgan fingerprint density at radius 2 is 2.04 bits per heavy atom. The zero-order chi connectivity index (χ0) is 17.0. The Bertz CT molecular complexity index is 598. The highest BCUT2D eigenvalue weighted by molar-refractivity contribution is 9.10. The first kappa shape index (κ1) is 17.7. The van der Waals surface area contributed by atoms with Gasteiger partial charge in [0.2, 0.25) is 0 Å². The number of carboxylic acid groups (broad SMARTS) is 1. The highest BCUT2D eigenvalue weighted by Crippen LogP contribution is 2.22. The van der Waals surface area contributed by atoms with E-state index in [-0.39, 0.29) is 12.0 Å². The minimum atomic E-state index is -0.853. The summed E-state index contributed by atoms with van der Waals surface area (Å²) in [5.41, 5.74) is 2.48. The minimum Gasteiger partial charge on any atom is -0.465 e. The van der Waals surface area contributed by atoms with Crippen LogP contribution >= 0.6 is 15.9 Å². The topological polar surface area (TPSA) is 78.9 Å². The van der Waals surface area contributed by atoms with Gasteiger partial charge in [-0.05, 0) is 43.0 Å². The number of hydrogen-bond acceptors (Lipinski definition) is 4. The van der Waals surface area contributed by atoms with Crippen molar-refractivity contribution in [3.63, 3.8) is 0 Å². The van der Waals surface area contributed by atoms with Crippen LogP contribution in [-0.4, -0.2) is 48.3 Å². The molecule has 0 radical (unpaired) electrons. The lowest BCUT2D eigenvalue weighted by Gasteiger charge is -2.30. The van der Waals surface area contributed by atoms with Crippen LogP contribution in [0.3, 0.4) is 0 Å². The Hall–Kier alpha value is -1.60. The number of likely N-dealkylation sites (tertiary alicyclic amines) is 1. The molecule has 2 N–H and O–H groups in total. The van der Waals surface area contributed by atoms with Crippen LogP contribution in [0.2, 0.25) is 0 Å². The maximum absolute atomic E-state index is 11.8. The van der Waals surface area contributed by atoms with Crippen molar-refractivity contribution in [1.82, 2.24) is 10.2 Å². The Morgan fingerprint density at radius 3 is 2.61 bits per heavy atom. The van der Waals surface area contributed by atoms with Crippen LogP contribution in [0.25, 0.3) is 0 Å². The number of esters is 1. The molecule has 1 fully saturated rings. The first-order chi connectivity index (χ1) is 10.9. The van der Waals surface area contributed by atoms with Crippen molar-refractivity contribution < 1.29 is 19.4 Å². The molecule has 0 saturated carbocycles. The summed E-state index contributed by atoms with van der Waals surface area (Å²) in [6, 6.07) is 4.03. The molecule has 1 aliphatic rings. The van der Waals surface area contributed by atoms with E-state index in [1.807, 2.05) is 13.0 Å². The van der Waals surface area contributed by atoms with Crippen LogP contribution in [0.5, 0.6) is 0 Å². The lowest BCUT2D eigenvalue weighted by atomic mass is 10.0. The number of halogens is 1. The SMILES string of the molecule is COC(=O)c1cc(Br)cc(CNC2CCN(C(=O)O)CC2)c1C. The second-order valence-corrected chi connectivity index (χ2v) is 6.57. The van der Waals surface area contributed by atoms with Crippen LogP contribution in [0.1, 0.15) is 34.3 Å². The number of methoxy groups -OCH3 is 1. The largest absolute Gasteiger partial charge is 0.465 e. The van der Waals surface area contributed by atoms with E-state index in [0.29, 0.717) is 25.2 Å². The molecule has 0 unspecified atom stereocenters. The number of nitrogens with zero attached hydrogens (tertiary/aromatic N) is 1. The minimum absolute atomic E-state index is 0.283. The van der Waals surface area contributed by atoms with Crippen LogP contribution in [0, 0.1) is 6.92 Å². The molecule has 0 aliphatic carbocycles. The van der Waals surface area contributed by atoms with E-state index in [9.17, 15) is 9.59 Å². The number of hydrogen-bond donors (Lipinski definition) is 2. The summed E-state index contributed by atoms with van der Waals surface area (Å²) < 4.78 is 5.65. The van der Waals surface area contributed by atoms with Gasteiger partial charge in [0.15, 0.2) is 0 Å². The van der Waals surface area contributed by atoms with E-state index in [2.05, 4.69) is 21.2 Å². The lowest BCUT2D eigenvalue weighted by molar-refractivity contribution is 0.0599. The fourth-order valence-corrected chi connectivity index (χ4v) is 3.28. The summed E-state index contributed by atoms with van der Waals surface area (Å²) in [4.78, 5) is 24.2. The lowest BCUT2D eigenvalue weighted by Crippen LogP contribution is -2.44. The first-order valence-electron chi connectivity index (χ1n) is 7.51. The molecule has 1 aliphatic heterocycles. The highest BCUT2D eigenvalue weighted by atomic mass is 79.9. The molecule has 7 heteroatoms. The third kappa shape index (κ3) is 4.45. The predicted molar refractivity (Wildman–Crippen MR) is 89.7 cm³/mol. The van der Waals surface area contributed by atoms with Crippen molar-refractivity contribution in [3.8, 4) is 0 Å². The van der Waals surface area contributed by atoms with Gasteiger partial charge in [-0.15, -0.1) is 0 Å². The summed E-state index contributed by atoms with van der Waals surface area (Å²) in [6.07, 6.45) is 0.737. The van der Waals surface area contributed by atoms with E-state index in [1.54, 1.807) is 6.07 Å². The molecule has 1 heterocycles. The maximum Gasteiger partial charge on any atom is 0.407 e. The van der Waals surface area contributed by atoms with E-state index in [0.717, 1.165) is 28.4 Å². The van der Waals surface area contributed by atoms with Crippen molar-refractivity contribution >= 4 is 28.0 Å². The number of rotatable bonds is 4. The molecule has 1 aromatic carbocycles. The average molecular weight is 385 g/mol. The number of amides is 1. The van der Waals surface area contributed by atoms with Gasteiger partial charge in [-0.2, -0.15) is 0 Å². The number of nitrogens with one attached hydrogen (secondary N) is 1. The molecular formula is C16H21BrN2O4. The van der Waals surface area contributed by atoms with Crippen molar-refractivity contribution in [2.24, 2.45) is 0 Å². The van der Waals surface area contributed by atoms with Crippen molar-refractivity contribution in [2.75, 3.05) is 20.2 Å². The van der Waals surface area contributed by atoms with E-state index in [4.69, 9.17) is 9.84 Å². The second-order valence-electron chi connectivity index (χ2n) is 5.65. The molecule has 0 atom stereocenters. The normalized spacial score (nSPS) is 15.5. The molecule has 1 saturated heterocycles. The summed E-state index contributed by atoms with van der Waals surface area (Å²) in [5, 5.41) is 12.4. The summed E-state index contributed by atoms with van der Waals surface area (Å²) in [6.45, 7) is 3.64. The van der Waals surface area contributed by atoms with Gasteiger partial charge in [-0.3, -0.25) is 0 Å². The first-order valence-corrected chi connectivity index (χ1v) is 8.30. The molecule has 0 spiro atoms. The van der Waals surface area contributed by atoms with Gasteiger partial charge in [-0.25, -0.2) is 9.59 Å². The quantitative estimate of drug-likeness (QED) is 0.780. The van der Waals surface area contributed by atoms with Gasteiger partial charge < -0.3 is 20.1 Å². The highest BCUT2D eigenvalue weighted by Gasteiger charge is 2.22. The van der Waals surface area contributed by atoms with Gasteiger partial charge in [0.25, 0.3) is 0 Å². The fraction of sp³-hybridized carbons (Fsp3) is 0.500. The third-order valence-electron chi connectivity index (χ3n) is 4.23. The van der Waals surface area contributed by atoms with Crippen molar-refractivity contribution in [1.29, 1.82) is 0 Å². The smallest absolute Gasteiger partial charge is 0.407 e. The Morgan fingerprint density at radius 1 is 1.39 bits per heavy atom. The van der Waals surface area contributed by atoms with Crippen LogP contribution < -0.4 is 5.32 Å². The number of ether oxygens (including phenoxy) is 1. The Balaban J connectivity index is 2.00. The standard InChI is InChI=1S/C16H21BrN2O4/c1-10-11(7-12(17)8-14(10)15(20)23-2)9-18-13-3-5-19(6-4-13)16(21)22/h7-8,13,18H,3-6,9H2,1-2H3,(H,21,22). The molecule has 6 nitrogen and oxygen atoms in total. The molecule has 2 rings (SSSR count). The molecular weight excluding hydrogens is 364 g/mol. The number of carbonyl (C=O) groups excluding carboxylic acids is 1. The molecule has 0 bridgehead atoms. The van der Waals surface area contributed by atoms with Crippen LogP contribution in [0.15, 0.2) is 16.6 Å². The molecule has 23 heavy (non-hydrogen) atoms. The van der Waals surface area contributed by atoms with E-state index >= 15 is 0 Å². The second kappa shape index (κ2) is 7.79. The monoisotopic (exact) mass is 384 g/mol. The Kier molecular flexibility index (Phi) is 6.01. The summed E-state index contributed by atoms with van der Waals surface area (Å²) in [7, 11) is 1.37. The third-order valence-corrected chi connectivity index (χ3v) is 4.69. The van der Waals surface area contributed by atoms with E-state index < -0.39 is 6.09 Å². The van der Waals surface area contributed by atoms with Gasteiger partial charge in [0.05, 0.1) is 12.7 Å². The molecule has 0 aromatic heterocycles. The van der Waals surface area contributed by atoms with Gasteiger partial charge in [-0.1, -0.05) is 15.9 Å². The molecule has 1 aromatic rings. The average Bonchev–Trinajstić information content (AvgIpc) is 2.54. The summed E-state index contributed by atoms with van der Waals surface area (Å²) >= 11 is 3.43. The Labute approximate surface area is 143 Å². The number of piperidine rings is 1. The van der Waals surface area contributed by atoms with Crippen LogP contribution in [-0.2, 0) is 11.3 Å². The van der Waals surface area contributed by atoms with Crippen molar-refractivity contribution in [3.05, 3.63) is 33.3 Å². The van der Waals surface area contributed by atoms with Gasteiger partial charge >= 0.3 is 12.1 Å². The van der Waals surface area contributed by atoms with Gasteiger partial charge in [0, 0.05) is 30.1 Å². The predicted octanol–water partition coefficient (Wildman–Crippen LogP) is 2.78. The fourth-order valence-electron chi connectivity index (χ4n) is 2.77. The maximum atomic E-state index is 11.8.